The smallest absolute Gasteiger partial charge is 0.383 e. The molecule has 98 valence electrons. The third-order valence-electron chi connectivity index (χ3n) is 2.62. The molecule has 1 aromatic heterocycles. The summed E-state index contributed by atoms with van der Waals surface area (Å²) in [5.74, 6) is 0. The van der Waals surface area contributed by atoms with Crippen molar-refractivity contribution in [3.8, 4) is 0 Å². The quantitative estimate of drug-likeness (QED) is 0.917. The molecular formula is C11H11F3N2O2. The van der Waals surface area contributed by atoms with Gasteiger partial charge in [-0.1, -0.05) is 6.07 Å². The Balaban J connectivity index is 2.69. The minimum Gasteiger partial charge on any atom is -0.383 e. The third-order valence-corrected chi connectivity index (χ3v) is 2.62. The van der Waals surface area contributed by atoms with E-state index in [1.807, 2.05) is 0 Å². The van der Waals surface area contributed by atoms with Crippen LogP contribution in [0.2, 0.25) is 0 Å². The number of fused-ring (bicyclic) bond motifs is 1. The number of hydrogen-bond donors (Lipinski definition) is 1. The fourth-order valence-corrected chi connectivity index (χ4v) is 1.84. The van der Waals surface area contributed by atoms with E-state index in [9.17, 15) is 18.0 Å². The fraction of sp³-hybridized carbons (Fsp3) is 0.364. The van der Waals surface area contributed by atoms with Crippen LogP contribution >= 0.6 is 0 Å². The van der Waals surface area contributed by atoms with Crippen molar-refractivity contribution in [1.29, 1.82) is 0 Å². The summed E-state index contributed by atoms with van der Waals surface area (Å²) < 4.78 is 44.4. The molecule has 0 radical (unpaired) electrons. The number of rotatable bonds is 3. The average molecular weight is 260 g/mol. The first-order valence-corrected chi connectivity index (χ1v) is 5.23. The lowest BCUT2D eigenvalue weighted by atomic mass is 10.1. The van der Waals surface area contributed by atoms with Gasteiger partial charge in [0.15, 0.2) is 0 Å². The molecule has 1 N–H and O–H groups in total. The lowest BCUT2D eigenvalue weighted by molar-refractivity contribution is -0.136. The zero-order valence-corrected chi connectivity index (χ0v) is 9.54. The van der Waals surface area contributed by atoms with E-state index in [4.69, 9.17) is 4.74 Å². The maximum absolute atomic E-state index is 12.9. The third kappa shape index (κ3) is 2.13. The summed E-state index contributed by atoms with van der Waals surface area (Å²) in [6, 6.07) is 3.66. The van der Waals surface area contributed by atoms with Crippen LogP contribution in [0.1, 0.15) is 5.56 Å². The number of H-pyrrole nitrogens is 1. The molecule has 0 unspecified atom stereocenters. The second kappa shape index (κ2) is 4.49. The molecule has 0 saturated carbocycles. The van der Waals surface area contributed by atoms with Crippen LogP contribution in [0.15, 0.2) is 23.0 Å². The Morgan fingerprint density at radius 3 is 2.72 bits per heavy atom. The zero-order chi connectivity index (χ0) is 13.3. The second-order valence-corrected chi connectivity index (χ2v) is 3.77. The molecule has 0 saturated heterocycles. The largest absolute Gasteiger partial charge is 0.418 e. The Bertz CT molecular complexity index is 613. The van der Waals surface area contributed by atoms with Gasteiger partial charge in [0.05, 0.1) is 29.7 Å². The van der Waals surface area contributed by atoms with Gasteiger partial charge in [-0.3, -0.25) is 4.57 Å². The van der Waals surface area contributed by atoms with Gasteiger partial charge < -0.3 is 9.72 Å². The van der Waals surface area contributed by atoms with Gasteiger partial charge in [0, 0.05) is 7.11 Å². The van der Waals surface area contributed by atoms with Crippen LogP contribution in [0.4, 0.5) is 13.2 Å². The molecule has 0 amide bonds. The first-order valence-electron chi connectivity index (χ1n) is 5.23. The van der Waals surface area contributed by atoms with Crippen molar-refractivity contribution >= 4 is 11.0 Å². The van der Waals surface area contributed by atoms with E-state index >= 15 is 0 Å². The molecule has 7 heteroatoms. The maximum atomic E-state index is 12.9. The fourth-order valence-electron chi connectivity index (χ4n) is 1.84. The van der Waals surface area contributed by atoms with Crippen molar-refractivity contribution in [1.82, 2.24) is 9.55 Å². The van der Waals surface area contributed by atoms with Crippen LogP contribution in [0.5, 0.6) is 0 Å². The highest BCUT2D eigenvalue weighted by atomic mass is 19.4. The minimum atomic E-state index is -4.50. The molecule has 0 bridgehead atoms. The summed E-state index contributed by atoms with van der Waals surface area (Å²) in [6.07, 6.45) is -4.50. The number of aromatic amines is 1. The average Bonchev–Trinajstić information content (AvgIpc) is 2.60. The molecule has 0 atom stereocenters. The standard InChI is InChI=1S/C11H11F3N2O2/c1-18-6-5-16-9-7(11(12,13)14)3-2-4-8(9)15-10(16)17/h2-4H,5-6H2,1H3,(H,15,17). The zero-order valence-electron chi connectivity index (χ0n) is 9.54. The summed E-state index contributed by atoms with van der Waals surface area (Å²) in [7, 11) is 1.42. The summed E-state index contributed by atoms with van der Waals surface area (Å²) >= 11 is 0. The van der Waals surface area contributed by atoms with Crippen molar-refractivity contribution in [2.24, 2.45) is 0 Å². The topological polar surface area (TPSA) is 47.0 Å². The van der Waals surface area contributed by atoms with E-state index in [0.717, 1.165) is 10.6 Å². The lowest BCUT2D eigenvalue weighted by Crippen LogP contribution is -2.20. The van der Waals surface area contributed by atoms with Gasteiger partial charge >= 0.3 is 11.9 Å². The van der Waals surface area contributed by atoms with Gasteiger partial charge in [-0.05, 0) is 12.1 Å². The maximum Gasteiger partial charge on any atom is 0.418 e. The van der Waals surface area contributed by atoms with Gasteiger partial charge in [0.2, 0.25) is 0 Å². The first kappa shape index (κ1) is 12.7. The van der Waals surface area contributed by atoms with Crippen molar-refractivity contribution in [2.45, 2.75) is 12.7 Å². The summed E-state index contributed by atoms with van der Waals surface area (Å²) in [5, 5.41) is 0. The highest BCUT2D eigenvalue weighted by Gasteiger charge is 2.34. The molecular weight excluding hydrogens is 249 g/mol. The number of nitrogens with zero attached hydrogens (tertiary/aromatic N) is 1. The van der Waals surface area contributed by atoms with Crippen LogP contribution in [-0.4, -0.2) is 23.3 Å². The highest BCUT2D eigenvalue weighted by molar-refractivity contribution is 5.79. The minimum absolute atomic E-state index is 0.0719. The summed E-state index contributed by atoms with van der Waals surface area (Å²) in [6.45, 7) is 0.238. The van der Waals surface area contributed by atoms with Crippen LogP contribution in [-0.2, 0) is 17.5 Å². The van der Waals surface area contributed by atoms with E-state index in [-0.39, 0.29) is 24.2 Å². The number of hydrogen-bond acceptors (Lipinski definition) is 2. The SMILES string of the molecule is COCCn1c(=O)[nH]c2cccc(C(F)(F)F)c21. The number of alkyl halides is 3. The molecule has 18 heavy (non-hydrogen) atoms. The normalized spacial score (nSPS) is 12.2. The molecule has 0 aliphatic carbocycles. The number of benzene rings is 1. The number of methoxy groups -OCH3 is 1. The van der Waals surface area contributed by atoms with Crippen LogP contribution in [0, 0.1) is 0 Å². The van der Waals surface area contributed by atoms with Crippen molar-refractivity contribution in [3.63, 3.8) is 0 Å². The number of aromatic nitrogens is 2. The van der Waals surface area contributed by atoms with E-state index in [1.165, 1.54) is 19.2 Å². The number of ether oxygens (including phenoxy) is 1. The highest BCUT2D eigenvalue weighted by Crippen LogP contribution is 2.33. The monoisotopic (exact) mass is 260 g/mol. The molecule has 4 nitrogen and oxygen atoms in total. The Kier molecular flexibility index (Phi) is 3.16. The first-order chi connectivity index (χ1) is 8.45. The molecule has 0 aliphatic rings. The van der Waals surface area contributed by atoms with E-state index < -0.39 is 17.4 Å². The van der Waals surface area contributed by atoms with Crippen molar-refractivity contribution in [3.05, 3.63) is 34.2 Å². The van der Waals surface area contributed by atoms with Crippen LogP contribution in [0.25, 0.3) is 11.0 Å². The Labute approximate surface area is 100.0 Å². The molecule has 1 aromatic carbocycles. The van der Waals surface area contributed by atoms with Gasteiger partial charge in [-0.15, -0.1) is 0 Å². The molecule has 2 aromatic rings. The Hall–Kier alpha value is -1.76. The number of nitrogens with one attached hydrogen (secondary N) is 1. The van der Waals surface area contributed by atoms with Gasteiger partial charge in [0.25, 0.3) is 0 Å². The van der Waals surface area contributed by atoms with Crippen LogP contribution < -0.4 is 5.69 Å². The molecule has 0 aliphatic heterocycles. The lowest BCUT2D eigenvalue weighted by Gasteiger charge is -2.10. The van der Waals surface area contributed by atoms with E-state index in [1.54, 1.807) is 0 Å². The van der Waals surface area contributed by atoms with Gasteiger partial charge in [-0.2, -0.15) is 13.2 Å². The predicted molar refractivity (Wildman–Crippen MR) is 59.4 cm³/mol. The van der Waals surface area contributed by atoms with Gasteiger partial charge in [0.1, 0.15) is 0 Å². The second-order valence-electron chi connectivity index (χ2n) is 3.77. The predicted octanol–water partition coefficient (Wildman–Crippen LogP) is 1.99. The van der Waals surface area contributed by atoms with Crippen LogP contribution in [0.3, 0.4) is 0 Å². The number of para-hydroxylation sites is 1. The van der Waals surface area contributed by atoms with Gasteiger partial charge in [-0.25, -0.2) is 4.79 Å². The Morgan fingerprint density at radius 1 is 1.39 bits per heavy atom. The molecule has 0 fully saturated rings. The van der Waals surface area contributed by atoms with Crippen molar-refractivity contribution < 1.29 is 17.9 Å². The van der Waals surface area contributed by atoms with Crippen molar-refractivity contribution in [2.75, 3.05) is 13.7 Å². The Morgan fingerprint density at radius 2 is 2.11 bits per heavy atom. The van der Waals surface area contributed by atoms with E-state index in [0.29, 0.717) is 0 Å². The number of imidazole rings is 1. The molecule has 0 spiro atoms. The number of halogens is 3. The molecule has 2 rings (SSSR count). The summed E-state index contributed by atoms with van der Waals surface area (Å²) in [5.41, 5.74) is -1.36. The summed E-state index contributed by atoms with van der Waals surface area (Å²) in [4.78, 5) is 14.0. The van der Waals surface area contributed by atoms with E-state index in [2.05, 4.69) is 4.98 Å². The molecule has 1 heterocycles.